The van der Waals surface area contributed by atoms with Gasteiger partial charge in [-0.2, -0.15) is 0 Å². The lowest BCUT2D eigenvalue weighted by molar-refractivity contribution is -0.117. The molecule has 0 saturated carbocycles. The van der Waals surface area contributed by atoms with Crippen molar-refractivity contribution in [1.29, 1.82) is 0 Å². The Labute approximate surface area is 160 Å². The van der Waals surface area contributed by atoms with Crippen molar-refractivity contribution in [3.63, 3.8) is 0 Å². The number of nitrogens with one attached hydrogen (secondary N) is 1. The number of hydrogen-bond donors (Lipinski definition) is 1. The summed E-state index contributed by atoms with van der Waals surface area (Å²) in [5.41, 5.74) is 3.74. The molecule has 0 aromatic heterocycles. The third-order valence-corrected chi connectivity index (χ3v) is 5.36. The lowest BCUT2D eigenvalue weighted by atomic mass is 10.0. The Bertz CT molecular complexity index is 843. The van der Waals surface area contributed by atoms with Crippen LogP contribution in [-0.4, -0.2) is 42.9 Å². The normalized spacial score (nSPS) is 16.1. The molecule has 0 bridgehead atoms. The summed E-state index contributed by atoms with van der Waals surface area (Å²) in [6.45, 7) is 2.65. The van der Waals surface area contributed by atoms with E-state index >= 15 is 0 Å². The van der Waals surface area contributed by atoms with E-state index < -0.39 is 0 Å². The van der Waals surface area contributed by atoms with Gasteiger partial charge in [0.15, 0.2) is 0 Å². The predicted molar refractivity (Wildman–Crippen MR) is 107 cm³/mol. The number of likely N-dealkylation sites (tertiary alicyclic amines) is 1. The highest BCUT2D eigenvalue weighted by Crippen LogP contribution is 2.26. The zero-order valence-electron chi connectivity index (χ0n) is 15.5. The zero-order chi connectivity index (χ0) is 18.6. The monoisotopic (exact) mass is 363 g/mol. The van der Waals surface area contributed by atoms with Gasteiger partial charge in [0.2, 0.25) is 5.91 Å². The summed E-state index contributed by atoms with van der Waals surface area (Å²) in [5, 5.41) is 3.20. The fourth-order valence-corrected chi connectivity index (χ4v) is 3.93. The van der Waals surface area contributed by atoms with E-state index in [9.17, 15) is 9.59 Å². The number of para-hydroxylation sites is 1. The van der Waals surface area contributed by atoms with Crippen LogP contribution in [-0.2, 0) is 11.2 Å². The second-order valence-corrected chi connectivity index (χ2v) is 7.21. The molecule has 4 rings (SSSR count). The molecule has 140 valence electrons. The minimum absolute atomic E-state index is 0.0541. The molecule has 0 radical (unpaired) electrons. The first kappa shape index (κ1) is 17.6. The number of hydrogen-bond acceptors (Lipinski definition) is 3. The fraction of sp³-hybridized carbons (Fsp3) is 0.364. The van der Waals surface area contributed by atoms with Gasteiger partial charge in [0.1, 0.15) is 0 Å². The van der Waals surface area contributed by atoms with E-state index in [1.165, 1.54) is 5.56 Å². The molecule has 5 nitrogen and oxygen atoms in total. The number of anilines is 2. The van der Waals surface area contributed by atoms with Gasteiger partial charge in [0.25, 0.3) is 5.91 Å². The summed E-state index contributed by atoms with van der Waals surface area (Å²) in [6.07, 6.45) is 4.17. The fourth-order valence-electron chi connectivity index (χ4n) is 3.93. The SMILES string of the molecule is O=C(c1cccc(NCC(=O)N2CCCc3ccccc32)c1)N1CCCC1. The van der Waals surface area contributed by atoms with Crippen LogP contribution in [0, 0.1) is 0 Å². The van der Waals surface area contributed by atoms with Crippen LogP contribution in [0.3, 0.4) is 0 Å². The van der Waals surface area contributed by atoms with Gasteiger partial charge in [-0.15, -0.1) is 0 Å². The van der Waals surface area contributed by atoms with Gasteiger partial charge < -0.3 is 15.1 Å². The minimum Gasteiger partial charge on any atom is -0.376 e. The maximum absolute atomic E-state index is 12.8. The molecule has 2 aliphatic heterocycles. The molecule has 0 atom stereocenters. The van der Waals surface area contributed by atoms with Crippen LogP contribution in [0.4, 0.5) is 11.4 Å². The molecule has 1 fully saturated rings. The van der Waals surface area contributed by atoms with Gasteiger partial charge in [0, 0.05) is 36.6 Å². The summed E-state index contributed by atoms with van der Waals surface area (Å²) in [6, 6.07) is 15.6. The third-order valence-electron chi connectivity index (χ3n) is 5.36. The van der Waals surface area contributed by atoms with Crippen molar-refractivity contribution in [3.8, 4) is 0 Å². The molecule has 2 aromatic rings. The summed E-state index contributed by atoms with van der Waals surface area (Å²) in [4.78, 5) is 29.1. The minimum atomic E-state index is 0.0541. The van der Waals surface area contributed by atoms with Crippen LogP contribution in [0.1, 0.15) is 35.2 Å². The first-order valence-electron chi connectivity index (χ1n) is 9.74. The zero-order valence-corrected chi connectivity index (χ0v) is 15.5. The van der Waals surface area contributed by atoms with Crippen molar-refractivity contribution >= 4 is 23.2 Å². The smallest absolute Gasteiger partial charge is 0.253 e. The van der Waals surface area contributed by atoms with Crippen LogP contribution in [0.15, 0.2) is 48.5 Å². The van der Waals surface area contributed by atoms with Crippen LogP contribution >= 0.6 is 0 Å². The first-order chi connectivity index (χ1) is 13.2. The lowest BCUT2D eigenvalue weighted by Crippen LogP contribution is -2.39. The van der Waals surface area contributed by atoms with Gasteiger partial charge in [-0.1, -0.05) is 24.3 Å². The molecule has 2 aromatic carbocycles. The van der Waals surface area contributed by atoms with Crippen molar-refractivity contribution in [2.75, 3.05) is 36.4 Å². The number of rotatable bonds is 4. The van der Waals surface area contributed by atoms with E-state index in [0.29, 0.717) is 5.56 Å². The van der Waals surface area contributed by atoms with Crippen LogP contribution in [0.2, 0.25) is 0 Å². The number of benzene rings is 2. The van der Waals surface area contributed by atoms with E-state index in [0.717, 1.165) is 56.7 Å². The van der Waals surface area contributed by atoms with Crippen LogP contribution in [0.25, 0.3) is 0 Å². The number of fused-ring (bicyclic) bond motifs is 1. The summed E-state index contributed by atoms with van der Waals surface area (Å²) in [5.74, 6) is 0.130. The third kappa shape index (κ3) is 3.82. The molecular weight excluding hydrogens is 338 g/mol. The Hall–Kier alpha value is -2.82. The first-order valence-corrected chi connectivity index (χ1v) is 9.74. The van der Waals surface area contributed by atoms with E-state index in [4.69, 9.17) is 0 Å². The van der Waals surface area contributed by atoms with E-state index in [1.54, 1.807) is 0 Å². The summed E-state index contributed by atoms with van der Waals surface area (Å²) in [7, 11) is 0. The number of amides is 2. The Morgan fingerprint density at radius 3 is 2.59 bits per heavy atom. The number of carbonyl (C=O) groups excluding carboxylic acids is 2. The second-order valence-electron chi connectivity index (χ2n) is 7.21. The molecule has 1 N–H and O–H groups in total. The number of carbonyl (C=O) groups is 2. The average molecular weight is 363 g/mol. The van der Waals surface area contributed by atoms with E-state index in [1.807, 2.05) is 52.3 Å². The van der Waals surface area contributed by atoms with Gasteiger partial charge in [-0.25, -0.2) is 0 Å². The molecule has 2 aliphatic rings. The van der Waals surface area contributed by atoms with Crippen molar-refractivity contribution < 1.29 is 9.59 Å². The molecule has 1 saturated heterocycles. The Morgan fingerprint density at radius 1 is 0.926 bits per heavy atom. The average Bonchev–Trinajstić information content (AvgIpc) is 3.26. The largest absolute Gasteiger partial charge is 0.376 e. The topological polar surface area (TPSA) is 52.7 Å². The lowest BCUT2D eigenvalue weighted by Gasteiger charge is -2.29. The van der Waals surface area contributed by atoms with Gasteiger partial charge >= 0.3 is 0 Å². The number of nitrogens with zero attached hydrogens (tertiary/aromatic N) is 2. The standard InChI is InChI=1S/C22H25N3O2/c26-21(25-14-6-9-17-7-1-2-11-20(17)25)16-23-19-10-5-8-18(15-19)22(27)24-12-3-4-13-24/h1-2,5,7-8,10-11,15,23H,3-4,6,9,12-14,16H2. The maximum atomic E-state index is 12.8. The van der Waals surface area contributed by atoms with Crippen LogP contribution in [0.5, 0.6) is 0 Å². The molecule has 0 spiro atoms. The van der Waals surface area contributed by atoms with Crippen LogP contribution < -0.4 is 10.2 Å². The summed E-state index contributed by atoms with van der Waals surface area (Å²) >= 11 is 0. The van der Waals surface area contributed by atoms with Crippen molar-refractivity contribution in [3.05, 3.63) is 59.7 Å². The van der Waals surface area contributed by atoms with Crippen molar-refractivity contribution in [1.82, 2.24) is 4.90 Å². The molecular formula is C22H25N3O2. The predicted octanol–water partition coefficient (Wildman–Crippen LogP) is 3.31. The Morgan fingerprint density at radius 2 is 1.74 bits per heavy atom. The molecule has 5 heteroatoms. The molecule has 2 heterocycles. The highest BCUT2D eigenvalue weighted by atomic mass is 16.2. The maximum Gasteiger partial charge on any atom is 0.253 e. The van der Waals surface area contributed by atoms with Gasteiger partial charge in [0.05, 0.1) is 6.54 Å². The second kappa shape index (κ2) is 7.82. The quantitative estimate of drug-likeness (QED) is 0.907. The molecule has 2 amide bonds. The van der Waals surface area contributed by atoms with E-state index in [-0.39, 0.29) is 18.4 Å². The Kier molecular flexibility index (Phi) is 5.10. The van der Waals surface area contributed by atoms with Gasteiger partial charge in [-0.05, 0) is 55.5 Å². The van der Waals surface area contributed by atoms with Gasteiger partial charge in [-0.3, -0.25) is 9.59 Å². The van der Waals surface area contributed by atoms with Crippen molar-refractivity contribution in [2.24, 2.45) is 0 Å². The highest BCUT2D eigenvalue weighted by molar-refractivity contribution is 5.98. The van der Waals surface area contributed by atoms with Crippen molar-refractivity contribution in [2.45, 2.75) is 25.7 Å². The molecule has 0 aliphatic carbocycles. The number of aryl methyl sites for hydroxylation is 1. The highest BCUT2D eigenvalue weighted by Gasteiger charge is 2.22. The Balaban J connectivity index is 1.41. The molecule has 0 unspecified atom stereocenters. The molecule has 27 heavy (non-hydrogen) atoms. The summed E-state index contributed by atoms with van der Waals surface area (Å²) < 4.78 is 0. The van der Waals surface area contributed by atoms with E-state index in [2.05, 4.69) is 11.4 Å².